The van der Waals surface area contributed by atoms with Crippen molar-refractivity contribution < 1.29 is 18.3 Å². The maximum absolute atomic E-state index is 13.0. The molecule has 4 rings (SSSR count). The average Bonchev–Trinajstić information content (AvgIpc) is 2.89. The van der Waals surface area contributed by atoms with Gasteiger partial charge < -0.3 is 10.4 Å². The number of nitrogens with one attached hydrogen (secondary N) is 1. The fourth-order valence-electron chi connectivity index (χ4n) is 3.89. The first-order valence-corrected chi connectivity index (χ1v) is 14.3. The van der Waals surface area contributed by atoms with E-state index in [2.05, 4.69) is 10.3 Å². The quantitative estimate of drug-likeness (QED) is 0.347. The number of sulfone groups is 1. The minimum Gasteiger partial charge on any atom is -0.481 e. The number of aliphatic imine (C=N–C) groups is 1. The number of hydrogen-bond acceptors (Lipinski definition) is 6. The summed E-state index contributed by atoms with van der Waals surface area (Å²) in [6.45, 7) is 0.867. The van der Waals surface area contributed by atoms with E-state index in [4.69, 9.17) is 0 Å². The third-order valence-electron chi connectivity index (χ3n) is 5.78. The summed E-state index contributed by atoms with van der Waals surface area (Å²) in [5.41, 5.74) is 3.59. The zero-order valence-electron chi connectivity index (χ0n) is 19.7. The Labute approximate surface area is 216 Å². The van der Waals surface area contributed by atoms with Gasteiger partial charge in [-0.3, -0.25) is 9.79 Å². The van der Waals surface area contributed by atoms with E-state index in [1.54, 1.807) is 60.3 Å². The first-order valence-electron chi connectivity index (χ1n) is 11.7. The molecular weight excluding hydrogens is 492 g/mol. The molecule has 0 spiro atoms. The van der Waals surface area contributed by atoms with Gasteiger partial charge >= 0.3 is 5.97 Å². The van der Waals surface area contributed by atoms with E-state index in [1.807, 2.05) is 42.5 Å². The van der Waals surface area contributed by atoms with Crippen molar-refractivity contribution in [1.82, 2.24) is 0 Å². The van der Waals surface area contributed by atoms with Crippen molar-refractivity contribution >= 4 is 50.6 Å². The Kier molecular flexibility index (Phi) is 8.61. The second-order valence-electron chi connectivity index (χ2n) is 8.53. The number of carboxylic acids is 1. The number of thioether (sulfide) groups is 1. The van der Waals surface area contributed by atoms with Crippen LogP contribution >= 0.6 is 11.8 Å². The van der Waals surface area contributed by atoms with Crippen molar-refractivity contribution in [2.45, 2.75) is 23.7 Å². The van der Waals surface area contributed by atoms with Gasteiger partial charge in [0.15, 0.2) is 15.0 Å². The van der Waals surface area contributed by atoms with E-state index < -0.39 is 21.7 Å². The molecule has 186 valence electrons. The van der Waals surface area contributed by atoms with E-state index >= 15 is 0 Å². The molecule has 1 unspecified atom stereocenters. The van der Waals surface area contributed by atoms with Crippen LogP contribution in [-0.2, 0) is 14.6 Å². The van der Waals surface area contributed by atoms with Gasteiger partial charge in [-0.05, 0) is 47.4 Å². The zero-order valence-corrected chi connectivity index (χ0v) is 21.3. The lowest BCUT2D eigenvalue weighted by Crippen LogP contribution is -2.18. The molecule has 8 heteroatoms. The Morgan fingerprint density at radius 1 is 0.972 bits per heavy atom. The first-order chi connectivity index (χ1) is 17.4. The van der Waals surface area contributed by atoms with Crippen molar-refractivity contribution in [3.63, 3.8) is 0 Å². The summed E-state index contributed by atoms with van der Waals surface area (Å²) in [7, 11) is -3.66. The lowest BCUT2D eigenvalue weighted by atomic mass is 9.98. The Bertz CT molecular complexity index is 1330. The minimum atomic E-state index is -3.66. The van der Waals surface area contributed by atoms with Crippen molar-refractivity contribution in [3.05, 3.63) is 95.6 Å². The first kappa shape index (κ1) is 25.7. The van der Waals surface area contributed by atoms with Crippen molar-refractivity contribution in [2.24, 2.45) is 4.99 Å². The Morgan fingerprint density at radius 2 is 1.61 bits per heavy atom. The minimum absolute atomic E-state index is 0.185. The lowest BCUT2D eigenvalue weighted by Gasteiger charge is -2.16. The molecule has 36 heavy (non-hydrogen) atoms. The van der Waals surface area contributed by atoms with Crippen LogP contribution in [0.1, 0.15) is 35.4 Å². The number of carboxylic acid groups (broad SMARTS) is 1. The highest BCUT2D eigenvalue weighted by Gasteiger charge is 2.24. The number of anilines is 1. The fourth-order valence-corrected chi connectivity index (χ4v) is 6.31. The number of amidine groups is 1. The van der Waals surface area contributed by atoms with Crippen molar-refractivity contribution in [2.75, 3.05) is 23.4 Å². The largest absolute Gasteiger partial charge is 0.481 e. The highest BCUT2D eigenvalue weighted by molar-refractivity contribution is 8.14. The number of hydrogen-bond donors (Lipinski definition) is 2. The van der Waals surface area contributed by atoms with Crippen LogP contribution in [0.25, 0.3) is 12.2 Å². The van der Waals surface area contributed by atoms with Crippen LogP contribution in [0.3, 0.4) is 0 Å². The van der Waals surface area contributed by atoms with Gasteiger partial charge in [-0.1, -0.05) is 78.5 Å². The van der Waals surface area contributed by atoms with Gasteiger partial charge in [0.1, 0.15) is 0 Å². The number of carbonyl (C=O) groups is 1. The number of rotatable bonds is 9. The maximum atomic E-state index is 13.0. The third kappa shape index (κ3) is 7.32. The van der Waals surface area contributed by atoms with E-state index in [9.17, 15) is 18.3 Å². The van der Waals surface area contributed by atoms with Gasteiger partial charge in [-0.25, -0.2) is 8.42 Å². The summed E-state index contributed by atoms with van der Waals surface area (Å²) in [4.78, 5) is 16.0. The molecule has 1 atom stereocenters. The second kappa shape index (κ2) is 12.1. The molecule has 0 aromatic heterocycles. The number of nitrogens with zero attached hydrogens (tertiary/aromatic N) is 1. The van der Waals surface area contributed by atoms with Gasteiger partial charge in [-0.15, -0.1) is 0 Å². The van der Waals surface area contributed by atoms with Gasteiger partial charge in [0.25, 0.3) is 0 Å². The summed E-state index contributed by atoms with van der Waals surface area (Å²) >= 11 is 1.73. The highest BCUT2D eigenvalue weighted by Crippen LogP contribution is 2.25. The van der Waals surface area contributed by atoms with E-state index in [0.29, 0.717) is 5.56 Å². The summed E-state index contributed by atoms with van der Waals surface area (Å²) in [6.07, 6.45) is 4.77. The van der Waals surface area contributed by atoms with Crippen LogP contribution in [0, 0.1) is 0 Å². The summed E-state index contributed by atoms with van der Waals surface area (Å²) < 4.78 is 26.1. The molecule has 0 bridgehead atoms. The predicted molar refractivity (Wildman–Crippen MR) is 148 cm³/mol. The molecule has 1 heterocycles. The Morgan fingerprint density at radius 3 is 2.19 bits per heavy atom. The van der Waals surface area contributed by atoms with E-state index in [-0.39, 0.29) is 17.1 Å². The average molecular weight is 521 g/mol. The molecule has 2 N–H and O–H groups in total. The van der Waals surface area contributed by atoms with Crippen LogP contribution in [0.5, 0.6) is 0 Å². The molecule has 6 nitrogen and oxygen atoms in total. The Balaban J connectivity index is 1.40. The number of benzene rings is 3. The normalized spacial score (nSPS) is 14.8. The van der Waals surface area contributed by atoms with E-state index in [0.717, 1.165) is 40.7 Å². The third-order valence-corrected chi connectivity index (χ3v) is 8.61. The second-order valence-corrected chi connectivity index (χ2v) is 11.6. The summed E-state index contributed by atoms with van der Waals surface area (Å²) in [5, 5.41) is 13.6. The molecule has 1 aliphatic heterocycles. The monoisotopic (exact) mass is 520 g/mol. The molecule has 0 fully saturated rings. The smallest absolute Gasteiger partial charge is 0.303 e. The van der Waals surface area contributed by atoms with Gasteiger partial charge in [0.2, 0.25) is 0 Å². The standard InChI is InChI=1S/C28H28N2O4S2/c31-27(32)19-24(23-5-2-1-3-6-23)20-36(33,34)26-15-11-22(12-16-26)8-7-21-9-13-25(14-10-21)30-28-29-17-4-18-35-28/h1-3,5-16,24H,4,17-20H2,(H,29,30)(H,31,32)/b8-7+. The molecule has 0 amide bonds. The van der Waals surface area contributed by atoms with Crippen molar-refractivity contribution in [1.29, 1.82) is 0 Å². The molecule has 0 aliphatic carbocycles. The predicted octanol–water partition coefficient (Wildman–Crippen LogP) is 5.79. The molecule has 0 radical (unpaired) electrons. The maximum Gasteiger partial charge on any atom is 0.303 e. The molecule has 0 saturated carbocycles. The molecule has 1 aliphatic rings. The highest BCUT2D eigenvalue weighted by atomic mass is 32.2. The van der Waals surface area contributed by atoms with E-state index in [1.165, 1.54) is 0 Å². The topological polar surface area (TPSA) is 95.8 Å². The van der Waals surface area contributed by atoms with Crippen LogP contribution < -0.4 is 5.32 Å². The number of aliphatic carboxylic acids is 1. The van der Waals surface area contributed by atoms with Crippen LogP contribution in [0.4, 0.5) is 5.69 Å². The summed E-state index contributed by atoms with van der Waals surface area (Å²) in [5.74, 6) is -0.813. The van der Waals surface area contributed by atoms with Crippen LogP contribution in [0.2, 0.25) is 0 Å². The lowest BCUT2D eigenvalue weighted by molar-refractivity contribution is -0.137. The molecular formula is C28H28N2O4S2. The molecule has 3 aromatic carbocycles. The van der Waals surface area contributed by atoms with Crippen LogP contribution in [-0.4, -0.2) is 42.7 Å². The zero-order chi connectivity index (χ0) is 25.4. The van der Waals surface area contributed by atoms with Gasteiger partial charge in [0.05, 0.1) is 17.1 Å². The Hall–Kier alpha value is -3.36. The SMILES string of the molecule is O=C(O)CC(CS(=O)(=O)c1ccc(/C=C/c2ccc(NC3=NCCCS3)cc2)cc1)c1ccccc1. The van der Waals surface area contributed by atoms with Gasteiger partial charge in [-0.2, -0.15) is 0 Å². The summed E-state index contributed by atoms with van der Waals surface area (Å²) in [6, 6.07) is 23.6. The molecule has 3 aromatic rings. The molecule has 0 saturated heterocycles. The van der Waals surface area contributed by atoms with Gasteiger partial charge in [0, 0.05) is 23.9 Å². The fraction of sp³-hybridized carbons (Fsp3) is 0.214. The van der Waals surface area contributed by atoms with Crippen molar-refractivity contribution in [3.8, 4) is 0 Å². The van der Waals surface area contributed by atoms with Crippen LogP contribution in [0.15, 0.2) is 88.8 Å².